The fourth-order valence-electron chi connectivity index (χ4n) is 1.52. The number of aliphatic hydroxyl groups is 1. The van der Waals surface area contributed by atoms with Crippen molar-refractivity contribution in [1.82, 2.24) is 0 Å². The van der Waals surface area contributed by atoms with Crippen molar-refractivity contribution in [3.8, 4) is 5.75 Å². The average Bonchev–Trinajstić information content (AvgIpc) is 2.34. The van der Waals surface area contributed by atoms with Crippen LogP contribution >= 0.6 is 0 Å². The van der Waals surface area contributed by atoms with E-state index in [2.05, 4.69) is 6.58 Å². The molecule has 1 atom stereocenters. The molecule has 5 nitrogen and oxygen atoms in total. The lowest BCUT2D eigenvalue weighted by Gasteiger charge is -2.12. The molecule has 5 heteroatoms. The molecule has 1 aromatic rings. The molecule has 18 heavy (non-hydrogen) atoms. The van der Waals surface area contributed by atoms with Crippen LogP contribution in [0.1, 0.15) is 31.4 Å². The summed E-state index contributed by atoms with van der Waals surface area (Å²) in [5.41, 5.74) is 0.382. The van der Waals surface area contributed by atoms with E-state index in [9.17, 15) is 15.2 Å². The van der Waals surface area contributed by atoms with Crippen molar-refractivity contribution in [2.24, 2.45) is 0 Å². The van der Waals surface area contributed by atoms with Crippen molar-refractivity contribution in [2.75, 3.05) is 6.61 Å². The minimum absolute atomic E-state index is 0.0515. The van der Waals surface area contributed by atoms with E-state index in [0.29, 0.717) is 17.9 Å². The van der Waals surface area contributed by atoms with Gasteiger partial charge in [-0.2, -0.15) is 0 Å². The summed E-state index contributed by atoms with van der Waals surface area (Å²) in [6, 6.07) is 4.23. The molecule has 0 fully saturated rings. The van der Waals surface area contributed by atoms with Gasteiger partial charge in [-0.15, -0.1) is 6.58 Å². The van der Waals surface area contributed by atoms with Crippen LogP contribution in [0.5, 0.6) is 5.75 Å². The van der Waals surface area contributed by atoms with Crippen LogP contribution in [0.15, 0.2) is 30.9 Å². The SMILES string of the molecule is C=CCCCOc1ccc([N+](=O)[O-])cc1[C@H](C)O. The largest absolute Gasteiger partial charge is 0.493 e. The fourth-order valence-corrected chi connectivity index (χ4v) is 1.52. The molecule has 0 unspecified atom stereocenters. The molecule has 0 saturated heterocycles. The highest BCUT2D eigenvalue weighted by Crippen LogP contribution is 2.29. The predicted octanol–water partition coefficient (Wildman–Crippen LogP) is 2.99. The summed E-state index contributed by atoms with van der Waals surface area (Å²) in [6.45, 7) is 5.65. The molecule has 0 radical (unpaired) electrons. The smallest absolute Gasteiger partial charge is 0.270 e. The van der Waals surface area contributed by atoms with E-state index < -0.39 is 11.0 Å². The zero-order valence-electron chi connectivity index (χ0n) is 10.3. The Morgan fingerprint density at radius 2 is 2.33 bits per heavy atom. The summed E-state index contributed by atoms with van der Waals surface area (Å²) in [5, 5.41) is 20.3. The maximum absolute atomic E-state index is 10.7. The fraction of sp³-hybridized carbons (Fsp3) is 0.385. The lowest BCUT2D eigenvalue weighted by atomic mass is 10.1. The highest BCUT2D eigenvalue weighted by atomic mass is 16.6. The Morgan fingerprint density at radius 3 is 2.89 bits per heavy atom. The number of non-ortho nitro benzene ring substituents is 1. The second kappa shape index (κ2) is 6.76. The lowest BCUT2D eigenvalue weighted by molar-refractivity contribution is -0.385. The molecular formula is C13H17NO4. The molecule has 0 bridgehead atoms. The Hall–Kier alpha value is -1.88. The Kier molecular flexibility index (Phi) is 5.32. The van der Waals surface area contributed by atoms with Gasteiger partial charge in [0.05, 0.1) is 17.6 Å². The lowest BCUT2D eigenvalue weighted by Crippen LogP contribution is -2.03. The van der Waals surface area contributed by atoms with Crippen molar-refractivity contribution in [1.29, 1.82) is 0 Å². The van der Waals surface area contributed by atoms with Gasteiger partial charge in [-0.05, 0) is 25.8 Å². The van der Waals surface area contributed by atoms with Crippen molar-refractivity contribution in [3.05, 3.63) is 46.5 Å². The van der Waals surface area contributed by atoms with Gasteiger partial charge in [-0.3, -0.25) is 10.1 Å². The maximum atomic E-state index is 10.7. The van der Waals surface area contributed by atoms with Crippen molar-refractivity contribution in [3.63, 3.8) is 0 Å². The molecule has 0 aliphatic carbocycles. The van der Waals surface area contributed by atoms with E-state index >= 15 is 0 Å². The van der Waals surface area contributed by atoms with Gasteiger partial charge in [0.2, 0.25) is 0 Å². The van der Waals surface area contributed by atoms with Crippen molar-refractivity contribution < 1.29 is 14.8 Å². The van der Waals surface area contributed by atoms with E-state index in [-0.39, 0.29) is 5.69 Å². The first kappa shape index (κ1) is 14.2. The van der Waals surface area contributed by atoms with Crippen LogP contribution in [0.25, 0.3) is 0 Å². The van der Waals surface area contributed by atoms with E-state index in [1.54, 1.807) is 13.0 Å². The van der Waals surface area contributed by atoms with E-state index in [1.165, 1.54) is 18.2 Å². The molecule has 0 aliphatic heterocycles. The van der Waals surface area contributed by atoms with Crippen LogP contribution in [0.4, 0.5) is 5.69 Å². The number of hydrogen-bond acceptors (Lipinski definition) is 4. The molecule has 98 valence electrons. The first-order valence-electron chi connectivity index (χ1n) is 5.76. The molecule has 0 aliphatic rings. The molecule has 1 rings (SSSR count). The van der Waals surface area contributed by atoms with Crippen LogP contribution in [0.2, 0.25) is 0 Å². The number of benzene rings is 1. The van der Waals surface area contributed by atoms with Gasteiger partial charge >= 0.3 is 0 Å². The number of hydrogen-bond donors (Lipinski definition) is 1. The number of nitro benzene ring substituents is 1. The average molecular weight is 251 g/mol. The zero-order chi connectivity index (χ0) is 13.5. The highest BCUT2D eigenvalue weighted by molar-refractivity contribution is 5.44. The molecule has 1 N–H and O–H groups in total. The zero-order valence-corrected chi connectivity index (χ0v) is 10.3. The third-order valence-electron chi connectivity index (χ3n) is 2.46. The van der Waals surface area contributed by atoms with Crippen molar-refractivity contribution in [2.45, 2.75) is 25.9 Å². The standard InChI is InChI=1S/C13H17NO4/c1-3-4-5-8-18-13-7-6-11(14(16)17)9-12(13)10(2)15/h3,6-7,9-10,15H,1,4-5,8H2,2H3/t10-/m0/s1. The number of aliphatic hydroxyl groups excluding tert-OH is 1. The minimum atomic E-state index is -0.806. The summed E-state index contributed by atoms with van der Waals surface area (Å²) in [4.78, 5) is 10.2. The number of unbranched alkanes of at least 4 members (excludes halogenated alkanes) is 1. The summed E-state index contributed by atoms with van der Waals surface area (Å²) >= 11 is 0. The Labute approximate surface area is 106 Å². The summed E-state index contributed by atoms with van der Waals surface area (Å²) in [7, 11) is 0. The van der Waals surface area contributed by atoms with Crippen LogP contribution < -0.4 is 4.74 Å². The second-order valence-electron chi connectivity index (χ2n) is 3.93. The van der Waals surface area contributed by atoms with E-state index in [1.807, 2.05) is 0 Å². The van der Waals surface area contributed by atoms with Gasteiger partial charge in [0.1, 0.15) is 5.75 Å². The summed E-state index contributed by atoms with van der Waals surface area (Å²) < 4.78 is 5.50. The van der Waals surface area contributed by atoms with Gasteiger partial charge in [0.25, 0.3) is 5.69 Å². The van der Waals surface area contributed by atoms with Gasteiger partial charge in [-0.1, -0.05) is 6.08 Å². The molecular weight excluding hydrogens is 234 g/mol. The Morgan fingerprint density at radius 1 is 1.61 bits per heavy atom. The first-order chi connectivity index (χ1) is 8.56. The molecule has 0 amide bonds. The molecule has 0 saturated carbocycles. The number of ether oxygens (including phenoxy) is 1. The molecule has 0 aromatic heterocycles. The first-order valence-corrected chi connectivity index (χ1v) is 5.76. The molecule has 0 heterocycles. The topological polar surface area (TPSA) is 72.6 Å². The second-order valence-corrected chi connectivity index (χ2v) is 3.93. The number of rotatable bonds is 7. The van der Waals surface area contributed by atoms with Crippen molar-refractivity contribution >= 4 is 5.69 Å². The van der Waals surface area contributed by atoms with Gasteiger partial charge in [-0.25, -0.2) is 0 Å². The number of nitro groups is 1. The number of allylic oxidation sites excluding steroid dienone is 1. The predicted molar refractivity (Wildman–Crippen MR) is 68.7 cm³/mol. The quantitative estimate of drug-likeness (QED) is 0.350. The maximum Gasteiger partial charge on any atom is 0.270 e. The summed E-state index contributed by atoms with van der Waals surface area (Å²) in [5.74, 6) is 0.486. The van der Waals surface area contributed by atoms with Gasteiger partial charge in [0, 0.05) is 17.7 Å². The van der Waals surface area contributed by atoms with E-state index in [4.69, 9.17) is 4.74 Å². The van der Waals surface area contributed by atoms with Crippen LogP contribution in [0, 0.1) is 10.1 Å². The Balaban J connectivity index is 2.83. The third-order valence-corrected chi connectivity index (χ3v) is 2.46. The number of nitrogens with zero attached hydrogens (tertiary/aromatic N) is 1. The van der Waals surface area contributed by atoms with E-state index in [0.717, 1.165) is 12.8 Å². The normalized spacial score (nSPS) is 11.9. The highest BCUT2D eigenvalue weighted by Gasteiger charge is 2.15. The third kappa shape index (κ3) is 3.85. The molecule has 0 spiro atoms. The van der Waals surface area contributed by atoms with Crippen LogP contribution in [-0.4, -0.2) is 16.6 Å². The van der Waals surface area contributed by atoms with Gasteiger partial charge in [0.15, 0.2) is 0 Å². The van der Waals surface area contributed by atoms with Gasteiger partial charge < -0.3 is 9.84 Å². The Bertz CT molecular complexity index is 429. The van der Waals surface area contributed by atoms with Crippen LogP contribution in [0.3, 0.4) is 0 Å². The van der Waals surface area contributed by atoms with Crippen LogP contribution in [-0.2, 0) is 0 Å². The molecule has 1 aromatic carbocycles. The minimum Gasteiger partial charge on any atom is -0.493 e. The summed E-state index contributed by atoms with van der Waals surface area (Å²) in [6.07, 6.45) is 2.66. The monoisotopic (exact) mass is 251 g/mol.